The zero-order valence-electron chi connectivity index (χ0n) is 12.4. The van der Waals surface area contributed by atoms with Crippen molar-refractivity contribution < 1.29 is 40.6 Å². The van der Waals surface area contributed by atoms with E-state index < -0.39 is 0 Å². The number of carbonyl (C=O) groups is 1. The first-order valence-electron chi connectivity index (χ1n) is 5.69. The van der Waals surface area contributed by atoms with Gasteiger partial charge >= 0.3 is 39.9 Å². The van der Waals surface area contributed by atoms with E-state index in [9.17, 15) is 4.79 Å². The predicted molar refractivity (Wildman–Crippen MR) is 68.3 cm³/mol. The van der Waals surface area contributed by atoms with E-state index in [0.717, 1.165) is 17.8 Å². The van der Waals surface area contributed by atoms with E-state index >= 15 is 0 Å². The molecule has 0 radical (unpaired) electrons. The predicted octanol–water partition coefficient (Wildman–Crippen LogP) is 2.94. The molecular weight excluding hydrogens is 316 g/mol. The van der Waals surface area contributed by atoms with Crippen molar-refractivity contribution in [3.05, 3.63) is 43.4 Å². The average molecular weight is 334 g/mol. The third-order valence-corrected chi connectivity index (χ3v) is 2.56. The summed E-state index contributed by atoms with van der Waals surface area (Å²) in [5.41, 5.74) is 1.07. The zero-order chi connectivity index (χ0) is 16.7. The second-order valence-electron chi connectivity index (χ2n) is 4.16. The number of ether oxygens (including phenoxy) is 1. The molecular formula is C15H18FeO5. The Balaban J connectivity index is -0.000000183. The molecule has 0 aromatic heterocycles. The molecule has 0 aromatic carbocycles. The van der Waals surface area contributed by atoms with Crippen molar-refractivity contribution in [1.82, 2.24) is 0 Å². The van der Waals surface area contributed by atoms with Gasteiger partial charge in [0, 0.05) is 24.0 Å². The van der Waals surface area contributed by atoms with Gasteiger partial charge in [0.25, 0.3) is 0 Å². The summed E-state index contributed by atoms with van der Waals surface area (Å²) in [7, 11) is 0. The van der Waals surface area contributed by atoms with Crippen molar-refractivity contribution in [2.24, 2.45) is 11.8 Å². The molecule has 0 unspecified atom stereocenters. The molecule has 0 amide bonds. The number of esters is 1. The van der Waals surface area contributed by atoms with Gasteiger partial charge in [-0.1, -0.05) is 19.9 Å². The maximum atomic E-state index is 10.8. The van der Waals surface area contributed by atoms with Crippen LogP contribution in [-0.4, -0.2) is 5.97 Å². The van der Waals surface area contributed by atoms with Crippen LogP contribution in [0.2, 0.25) is 0 Å². The fraction of sp³-hybridized carbons (Fsp3) is 0.467. The molecule has 1 atom stereocenters. The molecule has 0 fully saturated rings. The topological polar surface area (TPSA) is 86.0 Å². The molecule has 116 valence electrons. The van der Waals surface area contributed by atoms with Crippen LogP contribution >= 0.6 is 0 Å². The van der Waals surface area contributed by atoms with Crippen LogP contribution in [0.15, 0.2) is 23.5 Å². The molecule has 0 aromatic rings. The Morgan fingerprint density at radius 2 is 1.67 bits per heavy atom. The van der Waals surface area contributed by atoms with E-state index in [4.69, 9.17) is 18.7 Å². The van der Waals surface area contributed by atoms with Crippen molar-refractivity contribution in [2.75, 3.05) is 0 Å². The van der Waals surface area contributed by atoms with Gasteiger partial charge in [0.15, 0.2) is 0 Å². The third kappa shape index (κ3) is 13.4. The second kappa shape index (κ2) is 18.7. The summed E-state index contributed by atoms with van der Waals surface area (Å²) in [5.74, 6) is 1.58. The van der Waals surface area contributed by atoms with E-state index in [1.165, 1.54) is 6.92 Å². The molecule has 0 saturated heterocycles. The summed E-state index contributed by atoms with van der Waals surface area (Å²) in [6.07, 6.45) is 5.26. The quantitative estimate of drug-likeness (QED) is 0.336. The van der Waals surface area contributed by atoms with E-state index in [-0.39, 0.29) is 23.0 Å². The van der Waals surface area contributed by atoms with E-state index in [1.807, 2.05) is 6.92 Å². The van der Waals surface area contributed by atoms with Crippen LogP contribution in [0.1, 0.15) is 34.1 Å². The van der Waals surface area contributed by atoms with Gasteiger partial charge in [0.2, 0.25) is 0 Å². The Hall–Kier alpha value is -1.31. The molecule has 5 nitrogen and oxygen atoms in total. The monoisotopic (exact) mass is 334 g/mol. The van der Waals surface area contributed by atoms with Crippen LogP contribution in [0.3, 0.4) is 0 Å². The minimum atomic E-state index is -0.242. The Labute approximate surface area is 136 Å². The van der Waals surface area contributed by atoms with E-state index in [2.05, 4.69) is 46.0 Å². The average Bonchev–Trinajstić information content (AvgIpc) is 2.47. The number of hydrogen-bond donors (Lipinski definition) is 0. The summed E-state index contributed by atoms with van der Waals surface area (Å²) in [5, 5.41) is 0. The third-order valence-electron chi connectivity index (χ3n) is 2.56. The molecule has 1 aliphatic carbocycles. The van der Waals surface area contributed by atoms with Crippen molar-refractivity contribution >= 4 is 5.97 Å². The number of rotatable bonds is 2. The van der Waals surface area contributed by atoms with E-state index in [0.29, 0.717) is 11.8 Å². The van der Waals surface area contributed by atoms with Gasteiger partial charge in [0.1, 0.15) is 5.76 Å². The molecule has 0 aliphatic heterocycles. The summed E-state index contributed by atoms with van der Waals surface area (Å²) in [6, 6.07) is 0. The molecule has 1 rings (SSSR count). The first-order chi connectivity index (χ1) is 9.50. The van der Waals surface area contributed by atoms with Gasteiger partial charge in [-0.3, -0.25) is 4.79 Å². The van der Waals surface area contributed by atoms with Gasteiger partial charge < -0.3 is 4.74 Å². The van der Waals surface area contributed by atoms with Crippen LogP contribution in [0.5, 0.6) is 0 Å². The normalized spacial score (nSPS) is 14.7. The Kier molecular flexibility index (Phi) is 24.9. The van der Waals surface area contributed by atoms with Gasteiger partial charge in [-0.05, 0) is 36.8 Å². The van der Waals surface area contributed by atoms with Crippen molar-refractivity contribution in [1.29, 1.82) is 0 Å². The Bertz CT molecular complexity index is 388. The standard InChI is InChI=1S/C12H18O2.3CO.Fe/c1-8(2)11-6-5-9(3)12(7-11)14-10(4)13;3*1-2;/h5,7-8,11H,6H2,1-4H3;;;;/t11-;;;;/m0..../s1. The van der Waals surface area contributed by atoms with E-state index in [1.54, 1.807) is 0 Å². The fourth-order valence-corrected chi connectivity index (χ4v) is 1.54. The molecule has 0 saturated carbocycles. The number of allylic oxidation sites excluding steroid dienone is 3. The molecule has 0 N–H and O–H groups in total. The van der Waals surface area contributed by atoms with Crippen molar-refractivity contribution in [3.8, 4) is 0 Å². The van der Waals surface area contributed by atoms with Crippen LogP contribution in [-0.2, 0) is 40.6 Å². The summed E-state index contributed by atoms with van der Waals surface area (Å²) >= 11 is 0. The van der Waals surface area contributed by atoms with Crippen LogP contribution < -0.4 is 0 Å². The largest absolute Gasteiger partial charge is 0 e. The van der Waals surface area contributed by atoms with Gasteiger partial charge in [0.05, 0.1) is 0 Å². The summed E-state index contributed by atoms with van der Waals surface area (Å²) < 4.78 is 27.6. The number of carbonyl (C=O) groups excluding carboxylic acids is 1. The molecule has 0 bridgehead atoms. The van der Waals surface area contributed by atoms with Crippen LogP contribution in [0.25, 0.3) is 0 Å². The zero-order valence-corrected chi connectivity index (χ0v) is 13.5. The fourth-order valence-electron chi connectivity index (χ4n) is 1.54. The first-order valence-corrected chi connectivity index (χ1v) is 5.69. The summed E-state index contributed by atoms with van der Waals surface area (Å²) in [6.45, 7) is 21.3. The minimum Gasteiger partial charge on any atom is 0 e. The molecule has 1 aliphatic rings. The first kappa shape index (κ1) is 27.9. The van der Waals surface area contributed by atoms with Crippen LogP contribution in [0, 0.1) is 31.8 Å². The Morgan fingerprint density at radius 1 is 1.24 bits per heavy atom. The number of hydrogen-bond acceptors (Lipinski definition) is 2. The van der Waals surface area contributed by atoms with Crippen LogP contribution in [0.4, 0.5) is 0 Å². The maximum Gasteiger partial charge on any atom is 0 e. The van der Waals surface area contributed by atoms with Gasteiger partial charge in [-0.25, -0.2) is 0 Å². The smallest absolute Gasteiger partial charge is 0 e. The van der Waals surface area contributed by atoms with Crippen molar-refractivity contribution in [3.63, 3.8) is 0 Å². The minimum absolute atomic E-state index is 0. The second-order valence-corrected chi connectivity index (χ2v) is 4.16. The molecule has 21 heavy (non-hydrogen) atoms. The van der Waals surface area contributed by atoms with Crippen molar-refractivity contribution in [2.45, 2.75) is 34.1 Å². The Morgan fingerprint density at radius 3 is 2.00 bits per heavy atom. The van der Waals surface area contributed by atoms with Gasteiger partial charge in [-0.2, -0.15) is 0 Å². The molecule has 0 spiro atoms. The van der Waals surface area contributed by atoms with Gasteiger partial charge in [-0.15, -0.1) is 0 Å². The maximum absolute atomic E-state index is 10.8. The SMILES string of the molecule is CC(=O)OC1=C[C@@H](C(C)C)CC=C1C.[C-]#[O+].[C-]#[O+].[C-]#[O+].[Fe]. The summed E-state index contributed by atoms with van der Waals surface area (Å²) in [4.78, 5) is 10.8. The molecule has 6 heteroatoms. The molecule has 0 heterocycles.